The fraction of sp³-hybridized carbons (Fsp3) is 0.333. The predicted octanol–water partition coefficient (Wildman–Crippen LogP) is 2.85. The lowest BCUT2D eigenvalue weighted by Crippen LogP contribution is -2.40. The van der Waals surface area contributed by atoms with Crippen molar-refractivity contribution < 1.29 is 4.79 Å². The third-order valence-corrected chi connectivity index (χ3v) is 4.71. The number of piperidine rings is 1. The van der Waals surface area contributed by atoms with Crippen molar-refractivity contribution in [3.63, 3.8) is 0 Å². The zero-order chi connectivity index (χ0) is 15.8. The number of likely N-dealkylation sites (tertiary alicyclic amines) is 1. The average molecular weight is 308 g/mol. The summed E-state index contributed by atoms with van der Waals surface area (Å²) in [5.41, 5.74) is 1.89. The molecule has 5 heteroatoms. The van der Waals surface area contributed by atoms with Crippen molar-refractivity contribution in [2.24, 2.45) is 7.05 Å². The van der Waals surface area contributed by atoms with Crippen LogP contribution in [-0.4, -0.2) is 38.2 Å². The molecule has 1 fully saturated rings. The van der Waals surface area contributed by atoms with Crippen LogP contribution in [0, 0.1) is 0 Å². The van der Waals surface area contributed by atoms with Crippen LogP contribution in [0.5, 0.6) is 0 Å². The topological polar surface area (TPSA) is 43.1 Å². The Bertz CT molecular complexity index is 834. The van der Waals surface area contributed by atoms with Gasteiger partial charge in [0.15, 0.2) is 0 Å². The Balaban J connectivity index is 1.63. The van der Waals surface area contributed by atoms with Gasteiger partial charge in [-0.05, 0) is 25.0 Å². The lowest BCUT2D eigenvalue weighted by Gasteiger charge is -2.32. The first kappa shape index (κ1) is 14.1. The molecule has 2 aromatic heterocycles. The maximum absolute atomic E-state index is 13.0. The normalized spacial score (nSPS) is 18.5. The van der Waals surface area contributed by atoms with Gasteiger partial charge in [-0.15, -0.1) is 0 Å². The van der Waals surface area contributed by atoms with Crippen LogP contribution in [0.2, 0.25) is 0 Å². The number of carbonyl (C=O) groups is 1. The number of aryl methyl sites for hydroxylation is 1. The fourth-order valence-corrected chi connectivity index (χ4v) is 3.53. The molecule has 3 heterocycles. The van der Waals surface area contributed by atoms with Gasteiger partial charge in [-0.2, -0.15) is 5.10 Å². The van der Waals surface area contributed by atoms with Gasteiger partial charge in [0.05, 0.1) is 11.6 Å². The quantitative estimate of drug-likeness (QED) is 0.730. The third-order valence-electron chi connectivity index (χ3n) is 4.71. The molecule has 0 N–H and O–H groups in total. The minimum atomic E-state index is 0.124. The summed E-state index contributed by atoms with van der Waals surface area (Å²) in [6.07, 6.45) is 7.81. The number of carbonyl (C=O) groups excluding carboxylic acids is 1. The van der Waals surface area contributed by atoms with Crippen molar-refractivity contribution in [1.29, 1.82) is 0 Å². The molecule has 1 aliphatic rings. The zero-order valence-corrected chi connectivity index (χ0v) is 13.2. The lowest BCUT2D eigenvalue weighted by atomic mass is 10.0. The molecule has 1 saturated heterocycles. The molecule has 0 bridgehead atoms. The van der Waals surface area contributed by atoms with Gasteiger partial charge in [0.25, 0.3) is 5.91 Å². The first-order valence-electron chi connectivity index (χ1n) is 8.06. The highest BCUT2D eigenvalue weighted by Crippen LogP contribution is 2.26. The van der Waals surface area contributed by atoms with E-state index in [1.54, 1.807) is 6.20 Å². The highest BCUT2D eigenvalue weighted by molar-refractivity contribution is 6.07. The maximum Gasteiger partial charge on any atom is 0.256 e. The van der Waals surface area contributed by atoms with Crippen LogP contribution in [0.1, 0.15) is 29.2 Å². The van der Waals surface area contributed by atoms with E-state index >= 15 is 0 Å². The monoisotopic (exact) mass is 308 g/mol. The molecule has 23 heavy (non-hydrogen) atoms. The van der Waals surface area contributed by atoms with E-state index in [0.29, 0.717) is 0 Å². The molecule has 118 valence electrons. The molecule has 0 radical (unpaired) electrons. The Morgan fingerprint density at radius 3 is 2.96 bits per heavy atom. The lowest BCUT2D eigenvalue weighted by molar-refractivity contribution is 0.0675. The molecule has 0 unspecified atom stereocenters. The van der Waals surface area contributed by atoms with Crippen LogP contribution in [0.4, 0.5) is 0 Å². The minimum absolute atomic E-state index is 0.124. The summed E-state index contributed by atoms with van der Waals surface area (Å²) in [4.78, 5) is 15.0. The average Bonchev–Trinajstić information content (AvgIpc) is 3.23. The minimum Gasteiger partial charge on any atom is -0.350 e. The van der Waals surface area contributed by atoms with E-state index in [9.17, 15) is 4.79 Å². The second-order valence-corrected chi connectivity index (χ2v) is 6.20. The van der Waals surface area contributed by atoms with Crippen molar-refractivity contribution in [2.45, 2.75) is 18.9 Å². The van der Waals surface area contributed by atoms with Gasteiger partial charge < -0.3 is 9.47 Å². The smallest absolute Gasteiger partial charge is 0.256 e. The molecule has 1 aliphatic heterocycles. The molecule has 1 atom stereocenters. The Morgan fingerprint density at radius 1 is 1.26 bits per heavy atom. The second kappa shape index (κ2) is 5.57. The number of benzene rings is 1. The van der Waals surface area contributed by atoms with Crippen LogP contribution in [0.3, 0.4) is 0 Å². The van der Waals surface area contributed by atoms with Gasteiger partial charge in [0.1, 0.15) is 0 Å². The summed E-state index contributed by atoms with van der Waals surface area (Å²) in [6.45, 7) is 1.55. The molecule has 4 rings (SSSR count). The number of nitrogens with zero attached hydrogens (tertiary/aromatic N) is 4. The van der Waals surface area contributed by atoms with Gasteiger partial charge >= 0.3 is 0 Å². The van der Waals surface area contributed by atoms with Gasteiger partial charge in [-0.25, -0.2) is 0 Å². The Morgan fingerprint density at radius 2 is 2.13 bits per heavy atom. The van der Waals surface area contributed by atoms with Crippen molar-refractivity contribution >= 4 is 16.8 Å². The molecular weight excluding hydrogens is 288 g/mol. The number of amides is 1. The van der Waals surface area contributed by atoms with Crippen molar-refractivity contribution in [3.8, 4) is 0 Å². The van der Waals surface area contributed by atoms with Crippen LogP contribution in [-0.2, 0) is 7.05 Å². The van der Waals surface area contributed by atoms with Crippen molar-refractivity contribution in [1.82, 2.24) is 19.2 Å². The molecule has 0 aliphatic carbocycles. The van der Waals surface area contributed by atoms with E-state index in [-0.39, 0.29) is 11.9 Å². The summed E-state index contributed by atoms with van der Waals surface area (Å²) in [7, 11) is 1.99. The molecule has 1 aromatic carbocycles. The Hall–Kier alpha value is -2.56. The van der Waals surface area contributed by atoms with Gasteiger partial charge in [0.2, 0.25) is 0 Å². The van der Waals surface area contributed by atoms with Crippen molar-refractivity contribution in [2.75, 3.05) is 13.1 Å². The summed E-state index contributed by atoms with van der Waals surface area (Å²) in [5.74, 6) is 0.124. The molecule has 1 amide bonds. The molecule has 0 spiro atoms. The second-order valence-electron chi connectivity index (χ2n) is 6.20. The highest BCUT2D eigenvalue weighted by Gasteiger charge is 2.27. The zero-order valence-electron chi connectivity index (χ0n) is 13.2. The summed E-state index contributed by atoms with van der Waals surface area (Å²) in [5, 5.41) is 5.36. The fourth-order valence-electron chi connectivity index (χ4n) is 3.53. The maximum atomic E-state index is 13.0. The van der Waals surface area contributed by atoms with E-state index in [4.69, 9.17) is 0 Å². The Kier molecular flexibility index (Phi) is 3.41. The van der Waals surface area contributed by atoms with E-state index < -0.39 is 0 Å². The number of rotatable bonds is 2. The number of fused-ring (bicyclic) bond motifs is 1. The molecular formula is C18H20N4O. The van der Waals surface area contributed by atoms with Crippen LogP contribution < -0.4 is 0 Å². The SMILES string of the molecule is Cn1cc(C(=O)N2CCC[C@H](n3cccn3)C2)c2ccccc21. The molecule has 5 nitrogen and oxygen atoms in total. The number of hydrogen-bond donors (Lipinski definition) is 0. The summed E-state index contributed by atoms with van der Waals surface area (Å²) in [6, 6.07) is 10.3. The van der Waals surface area contributed by atoms with Crippen molar-refractivity contribution in [3.05, 3.63) is 54.5 Å². The first-order chi connectivity index (χ1) is 11.2. The van der Waals surface area contributed by atoms with Crippen LogP contribution >= 0.6 is 0 Å². The van der Waals surface area contributed by atoms with E-state index in [2.05, 4.69) is 11.2 Å². The van der Waals surface area contributed by atoms with Crippen LogP contribution in [0.25, 0.3) is 10.9 Å². The largest absolute Gasteiger partial charge is 0.350 e. The van der Waals surface area contributed by atoms with E-state index in [0.717, 1.165) is 42.4 Å². The van der Waals surface area contributed by atoms with Gasteiger partial charge in [-0.1, -0.05) is 18.2 Å². The predicted molar refractivity (Wildman–Crippen MR) is 89.3 cm³/mol. The van der Waals surface area contributed by atoms with E-state index in [1.165, 1.54) is 0 Å². The number of aromatic nitrogens is 3. The van der Waals surface area contributed by atoms with Crippen LogP contribution in [0.15, 0.2) is 48.9 Å². The Labute approximate surface area is 135 Å². The standard InChI is InChI=1S/C18H20N4O/c1-20-13-16(15-7-2-3-8-17(15)20)18(23)21-10-4-6-14(12-21)22-11-5-9-19-22/h2-3,5,7-9,11,13-14H,4,6,10,12H2,1H3/t14-/m0/s1. The molecule has 0 saturated carbocycles. The first-order valence-corrected chi connectivity index (χ1v) is 8.06. The van der Waals surface area contributed by atoms with E-state index in [1.807, 2.05) is 57.9 Å². The third kappa shape index (κ3) is 2.42. The number of hydrogen-bond acceptors (Lipinski definition) is 2. The number of para-hydroxylation sites is 1. The summed E-state index contributed by atoms with van der Waals surface area (Å²) < 4.78 is 4.00. The highest BCUT2D eigenvalue weighted by atomic mass is 16.2. The molecule has 3 aromatic rings. The summed E-state index contributed by atoms with van der Waals surface area (Å²) >= 11 is 0. The van der Waals surface area contributed by atoms with Gasteiger partial charge in [0, 0.05) is 49.6 Å². The van der Waals surface area contributed by atoms with Gasteiger partial charge in [-0.3, -0.25) is 9.48 Å².